The van der Waals surface area contributed by atoms with Crippen molar-refractivity contribution in [2.75, 3.05) is 30.3 Å². The molecule has 0 radical (unpaired) electrons. The number of piperidine rings is 1. The zero-order chi connectivity index (χ0) is 28.9. The number of hydrogen-bond acceptors (Lipinski definition) is 9. The Morgan fingerprint density at radius 1 is 1.12 bits per heavy atom. The molecule has 0 spiro atoms. The number of likely N-dealkylation sites (tertiary alicyclic amines) is 1. The number of nitrogens with one attached hydrogen (secondary N) is 1. The van der Waals surface area contributed by atoms with Gasteiger partial charge in [-0.1, -0.05) is 19.3 Å². The second-order valence-electron chi connectivity index (χ2n) is 11.4. The number of pyridine rings is 1. The molecule has 12 heteroatoms. The van der Waals surface area contributed by atoms with Crippen LogP contribution in [0.5, 0.6) is 0 Å². The number of aromatic nitrogens is 1. The summed E-state index contributed by atoms with van der Waals surface area (Å²) in [6.07, 6.45) is 6.56. The second kappa shape index (κ2) is 13.0. The SMILES string of the molecule is CC(C)OC(=O)c1cc(C#N)c(N2CCC(C(=O)NS(=O)(=O)CC3CCCCC3)CC2)nc1CN1CCCC1=O. The van der Waals surface area contributed by atoms with Gasteiger partial charge >= 0.3 is 5.97 Å². The van der Waals surface area contributed by atoms with E-state index in [9.17, 15) is 28.1 Å². The number of anilines is 1. The maximum absolute atomic E-state index is 12.9. The molecule has 0 atom stereocenters. The van der Waals surface area contributed by atoms with Gasteiger partial charge in [0.25, 0.3) is 0 Å². The van der Waals surface area contributed by atoms with Crippen molar-refractivity contribution in [1.29, 1.82) is 5.26 Å². The van der Waals surface area contributed by atoms with E-state index in [0.717, 1.165) is 38.5 Å². The summed E-state index contributed by atoms with van der Waals surface area (Å²) in [5.41, 5.74) is 0.722. The molecule has 1 aromatic rings. The summed E-state index contributed by atoms with van der Waals surface area (Å²) in [4.78, 5) is 46.2. The van der Waals surface area contributed by atoms with E-state index >= 15 is 0 Å². The van der Waals surface area contributed by atoms with E-state index < -0.39 is 27.8 Å². The van der Waals surface area contributed by atoms with Crippen molar-refractivity contribution in [1.82, 2.24) is 14.6 Å². The quantitative estimate of drug-likeness (QED) is 0.440. The number of hydrogen-bond donors (Lipinski definition) is 1. The minimum atomic E-state index is -3.69. The predicted molar refractivity (Wildman–Crippen MR) is 148 cm³/mol. The lowest BCUT2D eigenvalue weighted by atomic mass is 9.91. The molecule has 1 aromatic heterocycles. The number of sulfonamides is 1. The van der Waals surface area contributed by atoms with Crippen molar-refractivity contribution < 1.29 is 27.5 Å². The van der Waals surface area contributed by atoms with Gasteiger partial charge in [-0.15, -0.1) is 0 Å². The highest BCUT2D eigenvalue weighted by Gasteiger charge is 2.32. The van der Waals surface area contributed by atoms with Gasteiger partial charge < -0.3 is 14.5 Å². The van der Waals surface area contributed by atoms with Gasteiger partial charge in [0.1, 0.15) is 11.9 Å². The van der Waals surface area contributed by atoms with Crippen molar-refractivity contribution in [3.63, 3.8) is 0 Å². The Kier molecular flexibility index (Phi) is 9.66. The summed E-state index contributed by atoms with van der Waals surface area (Å²) >= 11 is 0. The van der Waals surface area contributed by atoms with Crippen molar-refractivity contribution in [3.8, 4) is 6.07 Å². The van der Waals surface area contributed by atoms with Crippen LogP contribution in [0.15, 0.2) is 6.07 Å². The molecule has 3 heterocycles. The predicted octanol–water partition coefficient (Wildman–Crippen LogP) is 2.88. The Morgan fingerprint density at radius 2 is 1.82 bits per heavy atom. The Labute approximate surface area is 236 Å². The van der Waals surface area contributed by atoms with Gasteiger partial charge in [0.05, 0.1) is 35.2 Å². The molecule has 0 bridgehead atoms. The standard InChI is InChI=1S/C28H39N5O6S/c1-19(2)39-28(36)23-15-22(16-29)26(30-24(23)17-33-12-6-9-25(33)34)32-13-10-21(11-14-32)27(35)31-40(37,38)18-20-7-4-3-5-8-20/h15,19-21H,3-14,17-18H2,1-2H3,(H,31,35). The van der Waals surface area contributed by atoms with Crippen LogP contribution in [0.4, 0.5) is 5.82 Å². The second-order valence-corrected chi connectivity index (χ2v) is 13.1. The van der Waals surface area contributed by atoms with Crippen molar-refractivity contribution in [2.24, 2.45) is 11.8 Å². The fourth-order valence-corrected chi connectivity index (χ4v) is 7.30. The van der Waals surface area contributed by atoms with Gasteiger partial charge in [0.2, 0.25) is 21.8 Å². The van der Waals surface area contributed by atoms with E-state index in [1.807, 2.05) is 4.90 Å². The van der Waals surface area contributed by atoms with Crippen LogP contribution in [0, 0.1) is 23.2 Å². The van der Waals surface area contributed by atoms with Crippen LogP contribution in [-0.2, 0) is 30.9 Å². The number of rotatable bonds is 9. The Balaban J connectivity index is 1.46. The highest BCUT2D eigenvalue weighted by molar-refractivity contribution is 7.90. The average Bonchev–Trinajstić information content (AvgIpc) is 3.32. The van der Waals surface area contributed by atoms with E-state index in [1.54, 1.807) is 18.7 Å². The molecule has 2 saturated heterocycles. The molecule has 2 aliphatic heterocycles. The third-order valence-electron chi connectivity index (χ3n) is 7.88. The van der Waals surface area contributed by atoms with Gasteiger partial charge in [-0.3, -0.25) is 14.3 Å². The van der Waals surface area contributed by atoms with Crippen molar-refractivity contribution in [2.45, 2.75) is 84.3 Å². The molecular weight excluding hydrogens is 534 g/mol. The number of amides is 2. The number of nitrogens with zero attached hydrogens (tertiary/aromatic N) is 4. The van der Waals surface area contributed by atoms with E-state index in [4.69, 9.17) is 9.72 Å². The first kappa shape index (κ1) is 29.8. The molecule has 1 N–H and O–H groups in total. The number of carbonyl (C=O) groups is 3. The van der Waals surface area contributed by atoms with Crippen LogP contribution in [0.2, 0.25) is 0 Å². The van der Waals surface area contributed by atoms with Crippen LogP contribution in [0.3, 0.4) is 0 Å². The Hall–Kier alpha value is -3.20. The normalized spacial score (nSPS) is 19.1. The maximum atomic E-state index is 12.9. The molecule has 3 aliphatic rings. The number of nitriles is 1. The summed E-state index contributed by atoms with van der Waals surface area (Å²) in [6, 6.07) is 3.60. The summed E-state index contributed by atoms with van der Waals surface area (Å²) in [6.45, 7) is 4.95. The smallest absolute Gasteiger partial charge is 0.340 e. The largest absolute Gasteiger partial charge is 0.459 e. The molecule has 40 heavy (non-hydrogen) atoms. The van der Waals surface area contributed by atoms with Crippen LogP contribution in [-0.4, -0.2) is 67.6 Å². The fourth-order valence-electron chi connectivity index (χ4n) is 5.79. The summed E-state index contributed by atoms with van der Waals surface area (Å²) in [7, 11) is -3.69. The van der Waals surface area contributed by atoms with Crippen molar-refractivity contribution in [3.05, 3.63) is 22.9 Å². The fraction of sp³-hybridized carbons (Fsp3) is 0.679. The maximum Gasteiger partial charge on any atom is 0.340 e. The van der Waals surface area contributed by atoms with Gasteiger partial charge in [0.15, 0.2) is 0 Å². The average molecular weight is 574 g/mol. The molecular formula is C28H39N5O6S. The summed E-state index contributed by atoms with van der Waals surface area (Å²) in [5, 5.41) is 9.89. The first-order valence-corrected chi connectivity index (χ1v) is 15.9. The highest BCUT2D eigenvalue weighted by Crippen LogP contribution is 2.29. The molecule has 1 saturated carbocycles. The molecule has 3 fully saturated rings. The first-order chi connectivity index (χ1) is 19.1. The molecule has 4 rings (SSSR count). The lowest BCUT2D eigenvalue weighted by Crippen LogP contribution is -2.44. The third-order valence-corrected chi connectivity index (χ3v) is 9.30. The van der Waals surface area contributed by atoms with Gasteiger partial charge in [-0.25, -0.2) is 18.2 Å². The molecule has 2 amide bonds. The van der Waals surface area contributed by atoms with Crippen LogP contribution < -0.4 is 9.62 Å². The summed E-state index contributed by atoms with van der Waals surface area (Å²) < 4.78 is 32.9. The molecule has 218 valence electrons. The molecule has 0 aromatic carbocycles. The topological polar surface area (TPSA) is 150 Å². The van der Waals surface area contributed by atoms with Crippen molar-refractivity contribution >= 4 is 33.6 Å². The molecule has 1 aliphatic carbocycles. The lowest BCUT2D eigenvalue weighted by molar-refractivity contribution is -0.128. The monoisotopic (exact) mass is 573 g/mol. The van der Waals surface area contributed by atoms with Crippen LogP contribution in [0.1, 0.15) is 93.3 Å². The third kappa shape index (κ3) is 7.50. The van der Waals surface area contributed by atoms with Gasteiger partial charge in [-0.2, -0.15) is 5.26 Å². The Bertz CT molecular complexity index is 1260. The minimum Gasteiger partial charge on any atom is -0.459 e. The number of ether oxygens (including phenoxy) is 1. The zero-order valence-electron chi connectivity index (χ0n) is 23.4. The van der Waals surface area contributed by atoms with Crippen LogP contribution >= 0.6 is 0 Å². The van der Waals surface area contributed by atoms with Crippen LogP contribution in [0.25, 0.3) is 0 Å². The lowest BCUT2D eigenvalue weighted by Gasteiger charge is -2.33. The van der Waals surface area contributed by atoms with Gasteiger partial charge in [-0.05, 0) is 57.9 Å². The molecule has 11 nitrogen and oxygen atoms in total. The Morgan fingerprint density at radius 3 is 2.42 bits per heavy atom. The van der Waals surface area contributed by atoms with E-state index in [-0.39, 0.29) is 41.4 Å². The van der Waals surface area contributed by atoms with E-state index in [0.29, 0.717) is 50.4 Å². The first-order valence-electron chi connectivity index (χ1n) is 14.3. The number of carbonyl (C=O) groups excluding carboxylic acids is 3. The molecule has 0 unspecified atom stereocenters. The highest BCUT2D eigenvalue weighted by atomic mass is 32.2. The van der Waals surface area contributed by atoms with E-state index in [1.165, 1.54) is 6.07 Å². The summed E-state index contributed by atoms with van der Waals surface area (Å²) in [5.74, 6) is -1.09. The van der Waals surface area contributed by atoms with Gasteiger partial charge in [0, 0.05) is 32.0 Å². The number of esters is 1. The minimum absolute atomic E-state index is 0.0128. The zero-order valence-corrected chi connectivity index (χ0v) is 24.2. The van der Waals surface area contributed by atoms with E-state index in [2.05, 4.69) is 10.8 Å².